The number of hydrogen-bond donors (Lipinski definition) is 1. The molecule has 1 aliphatic heterocycles. The van der Waals surface area contributed by atoms with Crippen LogP contribution in [-0.4, -0.2) is 55.1 Å². The molecule has 22 heavy (non-hydrogen) atoms. The third kappa shape index (κ3) is 5.50. The molecule has 0 aromatic heterocycles. The number of carbonyl (C=O) groups excluding carboxylic acids is 1. The molecule has 2 rings (SSSR count). The molecule has 0 atom stereocenters. The first-order valence-corrected chi connectivity index (χ1v) is 8.56. The lowest BCUT2D eigenvalue weighted by Gasteiger charge is -2.34. The monoisotopic (exact) mass is 323 g/mol. The Bertz CT molecular complexity index is 473. The van der Waals surface area contributed by atoms with E-state index in [0.717, 1.165) is 63.6 Å². The van der Waals surface area contributed by atoms with Crippen molar-refractivity contribution in [1.82, 2.24) is 15.1 Å². The van der Waals surface area contributed by atoms with Gasteiger partial charge in [0.15, 0.2) is 0 Å². The molecular weight excluding hydrogens is 298 g/mol. The van der Waals surface area contributed by atoms with E-state index < -0.39 is 0 Å². The van der Waals surface area contributed by atoms with Crippen molar-refractivity contribution in [1.29, 1.82) is 0 Å². The lowest BCUT2D eigenvalue weighted by Crippen LogP contribution is -2.52. The van der Waals surface area contributed by atoms with E-state index in [1.807, 2.05) is 23.1 Å². The molecule has 1 heterocycles. The van der Waals surface area contributed by atoms with Gasteiger partial charge in [-0.25, -0.2) is 4.79 Å². The fourth-order valence-electron chi connectivity index (χ4n) is 2.72. The molecule has 4 nitrogen and oxygen atoms in total. The molecule has 0 radical (unpaired) electrons. The summed E-state index contributed by atoms with van der Waals surface area (Å²) in [4.78, 5) is 16.2. The van der Waals surface area contributed by atoms with Crippen LogP contribution in [-0.2, 0) is 6.42 Å². The highest BCUT2D eigenvalue weighted by atomic mass is 35.5. The van der Waals surface area contributed by atoms with Crippen molar-refractivity contribution in [3.8, 4) is 0 Å². The van der Waals surface area contributed by atoms with Crippen LogP contribution < -0.4 is 5.32 Å². The predicted octanol–water partition coefficient (Wildman–Crippen LogP) is 3.01. The number of piperazine rings is 1. The predicted molar refractivity (Wildman–Crippen MR) is 91.5 cm³/mol. The Morgan fingerprint density at radius 1 is 1.27 bits per heavy atom. The van der Waals surface area contributed by atoms with Crippen molar-refractivity contribution in [2.45, 2.75) is 26.2 Å². The van der Waals surface area contributed by atoms with E-state index in [-0.39, 0.29) is 6.03 Å². The van der Waals surface area contributed by atoms with Crippen LogP contribution in [0.5, 0.6) is 0 Å². The number of halogens is 1. The van der Waals surface area contributed by atoms with E-state index in [2.05, 4.69) is 23.2 Å². The molecule has 0 spiro atoms. The summed E-state index contributed by atoms with van der Waals surface area (Å²) < 4.78 is 0. The van der Waals surface area contributed by atoms with Crippen LogP contribution in [0.4, 0.5) is 4.79 Å². The number of amides is 2. The minimum atomic E-state index is 0.0837. The molecule has 1 N–H and O–H groups in total. The first-order valence-electron chi connectivity index (χ1n) is 8.18. The van der Waals surface area contributed by atoms with Crippen LogP contribution in [0.3, 0.4) is 0 Å². The van der Waals surface area contributed by atoms with Gasteiger partial charge < -0.3 is 10.2 Å². The molecule has 0 unspecified atom stereocenters. The van der Waals surface area contributed by atoms with Crippen molar-refractivity contribution in [3.63, 3.8) is 0 Å². The van der Waals surface area contributed by atoms with Gasteiger partial charge in [0, 0.05) is 37.7 Å². The third-order valence-corrected chi connectivity index (χ3v) is 4.25. The average molecular weight is 324 g/mol. The van der Waals surface area contributed by atoms with E-state index in [0.29, 0.717) is 0 Å². The third-order valence-electron chi connectivity index (χ3n) is 4.01. The maximum atomic E-state index is 11.9. The van der Waals surface area contributed by atoms with Crippen molar-refractivity contribution < 1.29 is 4.79 Å². The van der Waals surface area contributed by atoms with Crippen molar-refractivity contribution in [2.75, 3.05) is 39.3 Å². The van der Waals surface area contributed by atoms with Crippen LogP contribution in [0, 0.1) is 0 Å². The highest BCUT2D eigenvalue weighted by Crippen LogP contribution is 2.12. The highest BCUT2D eigenvalue weighted by molar-refractivity contribution is 6.30. The number of nitrogens with one attached hydrogen (secondary N) is 1. The van der Waals surface area contributed by atoms with E-state index in [4.69, 9.17) is 11.6 Å². The maximum absolute atomic E-state index is 11.9. The summed E-state index contributed by atoms with van der Waals surface area (Å²) in [7, 11) is 0. The van der Waals surface area contributed by atoms with Gasteiger partial charge >= 0.3 is 6.03 Å². The van der Waals surface area contributed by atoms with E-state index in [1.165, 1.54) is 5.56 Å². The van der Waals surface area contributed by atoms with Crippen LogP contribution >= 0.6 is 11.6 Å². The van der Waals surface area contributed by atoms with Gasteiger partial charge in [0.05, 0.1) is 0 Å². The van der Waals surface area contributed by atoms with Crippen molar-refractivity contribution in [2.24, 2.45) is 0 Å². The summed E-state index contributed by atoms with van der Waals surface area (Å²) in [6.45, 7) is 7.50. The second-order valence-corrected chi connectivity index (χ2v) is 6.23. The van der Waals surface area contributed by atoms with Crippen LogP contribution in [0.1, 0.15) is 25.3 Å². The molecule has 1 aromatic carbocycles. The zero-order valence-corrected chi connectivity index (χ0v) is 14.1. The second-order valence-electron chi connectivity index (χ2n) is 5.79. The fraction of sp³-hybridized carbons (Fsp3) is 0.588. The lowest BCUT2D eigenvalue weighted by molar-refractivity contribution is 0.138. The van der Waals surface area contributed by atoms with Crippen LogP contribution in [0.15, 0.2) is 24.3 Å². The quantitative estimate of drug-likeness (QED) is 0.873. The number of carbonyl (C=O) groups is 1. The minimum absolute atomic E-state index is 0.0837. The summed E-state index contributed by atoms with van der Waals surface area (Å²) in [5.74, 6) is 0. The number of urea groups is 1. The molecule has 2 amide bonds. The number of rotatable bonds is 6. The van der Waals surface area contributed by atoms with Gasteiger partial charge in [0.2, 0.25) is 0 Å². The average Bonchev–Trinajstić information content (AvgIpc) is 2.53. The lowest BCUT2D eigenvalue weighted by atomic mass is 10.1. The SMILES string of the molecule is CCCNC(=O)N1CCN(CCCc2cccc(Cl)c2)CC1. The Morgan fingerprint density at radius 3 is 2.73 bits per heavy atom. The Labute approximate surface area is 138 Å². The Morgan fingerprint density at radius 2 is 2.05 bits per heavy atom. The van der Waals surface area contributed by atoms with Gasteiger partial charge in [0.1, 0.15) is 0 Å². The highest BCUT2D eigenvalue weighted by Gasteiger charge is 2.20. The minimum Gasteiger partial charge on any atom is -0.338 e. The van der Waals surface area contributed by atoms with E-state index in [1.54, 1.807) is 0 Å². The Kier molecular flexibility index (Phi) is 7.00. The first-order chi connectivity index (χ1) is 10.7. The standard InChI is InChI=1S/C17H26ClN3O/c1-2-8-19-17(22)21-12-10-20(11-13-21)9-4-6-15-5-3-7-16(18)14-15/h3,5,7,14H,2,4,6,8-13H2,1H3,(H,19,22). The first kappa shape index (κ1) is 17.1. The molecule has 0 bridgehead atoms. The summed E-state index contributed by atoms with van der Waals surface area (Å²) in [6, 6.07) is 8.17. The fourth-order valence-corrected chi connectivity index (χ4v) is 2.93. The molecule has 1 aromatic rings. The maximum Gasteiger partial charge on any atom is 0.317 e. The van der Waals surface area contributed by atoms with Gasteiger partial charge in [-0.1, -0.05) is 30.7 Å². The summed E-state index contributed by atoms with van der Waals surface area (Å²) >= 11 is 6.00. The van der Waals surface area contributed by atoms with Gasteiger partial charge in [-0.15, -0.1) is 0 Å². The molecule has 1 saturated heterocycles. The molecule has 122 valence electrons. The van der Waals surface area contributed by atoms with Gasteiger partial charge in [-0.2, -0.15) is 0 Å². The topological polar surface area (TPSA) is 35.6 Å². The van der Waals surface area contributed by atoms with Gasteiger partial charge in [-0.3, -0.25) is 4.90 Å². The number of benzene rings is 1. The molecule has 0 aliphatic carbocycles. The Hall–Kier alpha value is -1.26. The zero-order chi connectivity index (χ0) is 15.8. The molecule has 1 aliphatic rings. The summed E-state index contributed by atoms with van der Waals surface area (Å²) in [6.07, 6.45) is 3.16. The Balaban J connectivity index is 1.64. The van der Waals surface area contributed by atoms with Crippen molar-refractivity contribution in [3.05, 3.63) is 34.9 Å². The van der Waals surface area contributed by atoms with Crippen LogP contribution in [0.2, 0.25) is 5.02 Å². The van der Waals surface area contributed by atoms with Gasteiger partial charge in [-0.05, 0) is 43.5 Å². The van der Waals surface area contributed by atoms with E-state index in [9.17, 15) is 4.79 Å². The van der Waals surface area contributed by atoms with E-state index >= 15 is 0 Å². The molecule has 5 heteroatoms. The largest absolute Gasteiger partial charge is 0.338 e. The normalized spacial score (nSPS) is 15.8. The van der Waals surface area contributed by atoms with Crippen molar-refractivity contribution >= 4 is 17.6 Å². The smallest absolute Gasteiger partial charge is 0.317 e. The van der Waals surface area contributed by atoms with Gasteiger partial charge in [0.25, 0.3) is 0 Å². The number of aryl methyl sites for hydroxylation is 1. The summed E-state index contributed by atoms with van der Waals surface area (Å²) in [5, 5.41) is 3.75. The zero-order valence-electron chi connectivity index (χ0n) is 13.4. The molecular formula is C17H26ClN3O. The number of nitrogens with zero attached hydrogens (tertiary/aromatic N) is 2. The molecule has 0 saturated carbocycles. The number of hydrogen-bond acceptors (Lipinski definition) is 2. The molecule has 1 fully saturated rings. The summed E-state index contributed by atoms with van der Waals surface area (Å²) in [5.41, 5.74) is 1.30. The second kappa shape index (κ2) is 9.01. The van der Waals surface area contributed by atoms with Crippen LogP contribution in [0.25, 0.3) is 0 Å².